The van der Waals surface area contributed by atoms with Crippen molar-refractivity contribution in [2.75, 3.05) is 11.4 Å². The van der Waals surface area contributed by atoms with E-state index in [9.17, 15) is 18.4 Å². The normalized spacial score (nSPS) is 19.9. The molecular formula is C12H12F2N2O2. The minimum Gasteiger partial charge on any atom is -0.300 e. The second-order valence-electron chi connectivity index (χ2n) is 3.96. The van der Waals surface area contributed by atoms with Gasteiger partial charge in [0.1, 0.15) is 0 Å². The zero-order valence-electron chi connectivity index (χ0n) is 9.48. The maximum atomic E-state index is 12.1. The van der Waals surface area contributed by atoms with Gasteiger partial charge in [0.2, 0.25) is 5.91 Å². The van der Waals surface area contributed by atoms with E-state index < -0.39 is 24.9 Å². The standard InChI is InChI=1S/C12H12F2N2O2/c13-10(14)7-15-9-6-11(17)16(12(9)18)8-4-2-1-3-5-8/h1-5,9-10,15H,6-7H2. The molecule has 0 spiro atoms. The number of hydrogen-bond donors (Lipinski definition) is 1. The maximum absolute atomic E-state index is 12.1. The summed E-state index contributed by atoms with van der Waals surface area (Å²) in [5.74, 6) is -0.857. The second kappa shape index (κ2) is 5.22. The molecule has 1 heterocycles. The van der Waals surface area contributed by atoms with Crippen LogP contribution in [0.5, 0.6) is 0 Å². The lowest BCUT2D eigenvalue weighted by Crippen LogP contribution is -2.40. The number of nitrogens with one attached hydrogen (secondary N) is 1. The number of carbonyl (C=O) groups excluding carboxylic acids is 2. The van der Waals surface area contributed by atoms with E-state index >= 15 is 0 Å². The van der Waals surface area contributed by atoms with Gasteiger partial charge in [0.25, 0.3) is 12.3 Å². The van der Waals surface area contributed by atoms with Crippen molar-refractivity contribution < 1.29 is 18.4 Å². The highest BCUT2D eigenvalue weighted by Crippen LogP contribution is 2.22. The molecule has 4 nitrogen and oxygen atoms in total. The fourth-order valence-corrected chi connectivity index (χ4v) is 1.87. The van der Waals surface area contributed by atoms with Gasteiger partial charge in [-0.2, -0.15) is 0 Å². The molecule has 1 fully saturated rings. The zero-order chi connectivity index (χ0) is 13.1. The van der Waals surface area contributed by atoms with Gasteiger partial charge >= 0.3 is 0 Å². The Morgan fingerprint density at radius 1 is 1.28 bits per heavy atom. The molecule has 1 aliphatic heterocycles. The van der Waals surface area contributed by atoms with Crippen LogP contribution in [0.1, 0.15) is 6.42 Å². The quantitative estimate of drug-likeness (QED) is 0.821. The molecule has 2 amide bonds. The first-order chi connectivity index (χ1) is 8.59. The van der Waals surface area contributed by atoms with Gasteiger partial charge in [-0.25, -0.2) is 13.7 Å². The first-order valence-corrected chi connectivity index (χ1v) is 5.53. The monoisotopic (exact) mass is 254 g/mol. The Bertz CT molecular complexity index is 451. The maximum Gasteiger partial charge on any atom is 0.251 e. The van der Waals surface area contributed by atoms with E-state index in [-0.39, 0.29) is 12.3 Å². The number of carbonyl (C=O) groups is 2. The van der Waals surface area contributed by atoms with E-state index in [1.54, 1.807) is 30.3 Å². The highest BCUT2D eigenvalue weighted by atomic mass is 19.3. The fraction of sp³-hybridized carbons (Fsp3) is 0.333. The van der Waals surface area contributed by atoms with Crippen LogP contribution < -0.4 is 10.2 Å². The molecule has 0 saturated carbocycles. The summed E-state index contributed by atoms with van der Waals surface area (Å²) in [6, 6.07) is 7.58. The van der Waals surface area contributed by atoms with Crippen molar-refractivity contribution in [3.8, 4) is 0 Å². The van der Waals surface area contributed by atoms with Crippen LogP contribution in [0, 0.1) is 0 Å². The van der Waals surface area contributed by atoms with E-state index in [2.05, 4.69) is 5.32 Å². The molecule has 1 saturated heterocycles. The molecular weight excluding hydrogens is 242 g/mol. The summed E-state index contributed by atoms with van der Waals surface area (Å²) in [4.78, 5) is 24.7. The summed E-state index contributed by atoms with van der Waals surface area (Å²) < 4.78 is 24.1. The summed E-state index contributed by atoms with van der Waals surface area (Å²) in [5, 5.41) is 2.40. The number of nitrogens with zero attached hydrogens (tertiary/aromatic N) is 1. The summed E-state index contributed by atoms with van der Waals surface area (Å²) in [5.41, 5.74) is 0.467. The molecule has 1 atom stereocenters. The molecule has 1 aromatic carbocycles. The van der Waals surface area contributed by atoms with Crippen LogP contribution in [-0.2, 0) is 9.59 Å². The van der Waals surface area contributed by atoms with E-state index in [1.165, 1.54) is 0 Å². The van der Waals surface area contributed by atoms with E-state index in [0.717, 1.165) is 4.90 Å². The Hall–Kier alpha value is -1.82. The average molecular weight is 254 g/mol. The van der Waals surface area contributed by atoms with Crippen LogP contribution in [0.15, 0.2) is 30.3 Å². The summed E-state index contributed by atoms with van der Waals surface area (Å²) in [6.07, 6.45) is -2.63. The largest absolute Gasteiger partial charge is 0.300 e. The van der Waals surface area contributed by atoms with E-state index in [0.29, 0.717) is 5.69 Å². The minimum absolute atomic E-state index is 0.0829. The third-order valence-corrected chi connectivity index (χ3v) is 2.68. The molecule has 1 aliphatic rings. The number of rotatable bonds is 4. The fourth-order valence-electron chi connectivity index (χ4n) is 1.87. The van der Waals surface area contributed by atoms with Crippen LogP contribution in [-0.4, -0.2) is 30.8 Å². The predicted molar refractivity (Wildman–Crippen MR) is 61.3 cm³/mol. The van der Waals surface area contributed by atoms with Crippen molar-refractivity contribution in [1.29, 1.82) is 0 Å². The summed E-state index contributed by atoms with van der Waals surface area (Å²) in [6.45, 7) is -0.591. The molecule has 18 heavy (non-hydrogen) atoms. The summed E-state index contributed by atoms with van der Waals surface area (Å²) in [7, 11) is 0. The zero-order valence-corrected chi connectivity index (χ0v) is 9.48. The van der Waals surface area contributed by atoms with Gasteiger partial charge in [-0.15, -0.1) is 0 Å². The Morgan fingerprint density at radius 3 is 2.56 bits per heavy atom. The Balaban J connectivity index is 2.10. The SMILES string of the molecule is O=C1CC(NCC(F)F)C(=O)N1c1ccccc1. The van der Waals surface area contributed by atoms with Crippen LogP contribution in [0.4, 0.5) is 14.5 Å². The molecule has 1 N–H and O–H groups in total. The Kier molecular flexibility index (Phi) is 3.66. The summed E-state index contributed by atoms with van der Waals surface area (Å²) >= 11 is 0. The van der Waals surface area contributed by atoms with Gasteiger partial charge < -0.3 is 0 Å². The highest BCUT2D eigenvalue weighted by molar-refractivity contribution is 6.22. The molecule has 0 radical (unpaired) electrons. The second-order valence-corrected chi connectivity index (χ2v) is 3.96. The van der Waals surface area contributed by atoms with Crippen molar-refractivity contribution in [3.05, 3.63) is 30.3 Å². The number of alkyl halides is 2. The molecule has 6 heteroatoms. The number of amides is 2. The van der Waals surface area contributed by atoms with Crippen molar-refractivity contribution in [1.82, 2.24) is 5.32 Å². The first kappa shape index (κ1) is 12.6. The average Bonchev–Trinajstić information content (AvgIpc) is 2.63. The highest BCUT2D eigenvalue weighted by Gasteiger charge is 2.39. The van der Waals surface area contributed by atoms with Crippen molar-refractivity contribution in [2.45, 2.75) is 18.9 Å². The number of hydrogen-bond acceptors (Lipinski definition) is 3. The van der Waals surface area contributed by atoms with E-state index in [1.807, 2.05) is 0 Å². The van der Waals surface area contributed by atoms with E-state index in [4.69, 9.17) is 0 Å². The third-order valence-electron chi connectivity index (χ3n) is 2.68. The Morgan fingerprint density at radius 2 is 1.94 bits per heavy atom. The molecule has 0 aliphatic carbocycles. The lowest BCUT2D eigenvalue weighted by atomic mass is 10.2. The van der Waals surface area contributed by atoms with Crippen LogP contribution >= 0.6 is 0 Å². The van der Waals surface area contributed by atoms with Crippen molar-refractivity contribution in [3.63, 3.8) is 0 Å². The lowest BCUT2D eigenvalue weighted by molar-refractivity contribution is -0.121. The number of para-hydroxylation sites is 1. The van der Waals surface area contributed by atoms with Gasteiger partial charge in [-0.05, 0) is 12.1 Å². The molecule has 1 aromatic rings. The molecule has 1 unspecified atom stereocenters. The lowest BCUT2D eigenvalue weighted by Gasteiger charge is -2.15. The smallest absolute Gasteiger partial charge is 0.251 e. The molecule has 2 rings (SSSR count). The third kappa shape index (κ3) is 2.53. The number of halogens is 2. The van der Waals surface area contributed by atoms with Gasteiger partial charge in [0.05, 0.1) is 24.7 Å². The molecule has 0 bridgehead atoms. The topological polar surface area (TPSA) is 49.4 Å². The predicted octanol–water partition coefficient (Wildman–Crippen LogP) is 1.17. The minimum atomic E-state index is -2.54. The Labute approximate surface area is 103 Å². The molecule has 0 aromatic heterocycles. The number of anilines is 1. The van der Waals surface area contributed by atoms with Crippen LogP contribution in [0.3, 0.4) is 0 Å². The van der Waals surface area contributed by atoms with Gasteiger partial charge in [0.15, 0.2) is 0 Å². The number of imide groups is 1. The first-order valence-electron chi connectivity index (χ1n) is 5.53. The van der Waals surface area contributed by atoms with Gasteiger partial charge in [-0.3, -0.25) is 14.9 Å². The van der Waals surface area contributed by atoms with Gasteiger partial charge in [0, 0.05) is 0 Å². The van der Waals surface area contributed by atoms with Crippen LogP contribution in [0.2, 0.25) is 0 Å². The van der Waals surface area contributed by atoms with Crippen molar-refractivity contribution in [2.24, 2.45) is 0 Å². The molecule has 96 valence electrons. The van der Waals surface area contributed by atoms with Crippen LogP contribution in [0.25, 0.3) is 0 Å². The number of benzene rings is 1. The van der Waals surface area contributed by atoms with Crippen molar-refractivity contribution >= 4 is 17.5 Å². The van der Waals surface area contributed by atoms with Gasteiger partial charge in [-0.1, -0.05) is 18.2 Å².